The van der Waals surface area contributed by atoms with Crippen molar-refractivity contribution in [2.24, 2.45) is 0 Å². The van der Waals surface area contributed by atoms with Crippen LogP contribution in [0.5, 0.6) is 0 Å². The molecule has 1 nitrogen and oxygen atoms in total. The first-order valence-corrected chi connectivity index (χ1v) is 16.7. The van der Waals surface area contributed by atoms with E-state index in [9.17, 15) is 0 Å². The summed E-state index contributed by atoms with van der Waals surface area (Å²) in [6.45, 7) is 0. The van der Waals surface area contributed by atoms with Gasteiger partial charge >= 0.3 is 0 Å². The third-order valence-electron chi connectivity index (χ3n) is 9.21. The number of hydrogen-bond acceptors (Lipinski definition) is 0. The molecule has 7 aromatic carbocycles. The summed E-state index contributed by atoms with van der Waals surface area (Å²) >= 11 is 0. The second kappa shape index (κ2) is 10.1. The van der Waals surface area contributed by atoms with Gasteiger partial charge in [0, 0.05) is 16.5 Å². The maximum atomic E-state index is 2.47. The van der Waals surface area contributed by atoms with E-state index in [4.69, 9.17) is 0 Å². The van der Waals surface area contributed by atoms with E-state index in [1.165, 1.54) is 77.2 Å². The molecule has 2 heterocycles. The third-order valence-corrected chi connectivity index (χ3v) is 11.1. The number of aromatic nitrogens is 1. The van der Waals surface area contributed by atoms with Crippen molar-refractivity contribution in [2.45, 2.75) is 0 Å². The molecule has 44 heavy (non-hydrogen) atoms. The van der Waals surface area contributed by atoms with Gasteiger partial charge in [-0.3, -0.25) is 0 Å². The van der Waals surface area contributed by atoms with Crippen molar-refractivity contribution in [3.8, 4) is 50.2 Å². The summed E-state index contributed by atoms with van der Waals surface area (Å²) in [6.07, 6.45) is 0. The minimum atomic E-state index is -0.595. The molecular weight excluding hydrogens is 547 g/mol. The molecule has 0 aliphatic carbocycles. The lowest BCUT2D eigenvalue weighted by Crippen LogP contribution is -2.21. The molecule has 1 aliphatic rings. The molecule has 0 unspecified atom stereocenters. The fourth-order valence-corrected chi connectivity index (χ4v) is 9.11. The van der Waals surface area contributed by atoms with Crippen LogP contribution < -0.4 is 10.4 Å². The largest absolute Gasteiger partial charge is 0.309 e. The van der Waals surface area contributed by atoms with Crippen molar-refractivity contribution in [2.75, 3.05) is 0 Å². The number of hydrogen-bond donors (Lipinski definition) is 0. The van der Waals surface area contributed by atoms with Crippen LogP contribution in [0.2, 0.25) is 0 Å². The smallest absolute Gasteiger partial charge is 0.0892 e. The third kappa shape index (κ3) is 4.07. The lowest BCUT2D eigenvalue weighted by Gasteiger charge is -2.11. The Labute approximate surface area is 259 Å². The molecule has 0 saturated carbocycles. The predicted molar refractivity (Wildman–Crippen MR) is 190 cm³/mol. The van der Waals surface area contributed by atoms with Crippen molar-refractivity contribution < 1.29 is 0 Å². The second-order valence-corrected chi connectivity index (χ2v) is 13.7. The molecule has 0 amide bonds. The standard InChI is InChI=1S/C42H29NSi/c1-4-10-28(11-5-1)31-17-22-39-37(24-31)38-25-32(29-12-6-2-7-13-29)18-23-40(38)43(39)34-19-21-36-35-20-16-33(30-14-8-3-9-15-30)26-41(35)44-42(36)27-34/h1-27H,44H2. The van der Waals surface area contributed by atoms with Gasteiger partial charge in [-0.2, -0.15) is 0 Å². The number of fused-ring (bicyclic) bond motifs is 6. The van der Waals surface area contributed by atoms with E-state index in [1.807, 2.05) is 0 Å². The van der Waals surface area contributed by atoms with Crippen LogP contribution in [0, 0.1) is 0 Å². The van der Waals surface area contributed by atoms with Gasteiger partial charge in [0.05, 0.1) is 20.6 Å². The van der Waals surface area contributed by atoms with E-state index in [-0.39, 0.29) is 0 Å². The Bertz CT molecular complexity index is 2240. The van der Waals surface area contributed by atoms with Crippen LogP contribution in [0.25, 0.3) is 72.0 Å². The highest BCUT2D eigenvalue weighted by molar-refractivity contribution is 6.73. The molecule has 1 aromatic heterocycles. The summed E-state index contributed by atoms with van der Waals surface area (Å²) in [6, 6.07) is 60.3. The van der Waals surface area contributed by atoms with Crippen LogP contribution in [-0.2, 0) is 0 Å². The maximum absolute atomic E-state index is 2.47. The number of rotatable bonds is 4. The Morgan fingerprint density at radius 1 is 0.341 bits per heavy atom. The summed E-state index contributed by atoms with van der Waals surface area (Å²) in [5, 5.41) is 5.64. The van der Waals surface area contributed by atoms with Crippen LogP contribution in [0.4, 0.5) is 0 Å². The molecule has 1 aliphatic heterocycles. The lowest BCUT2D eigenvalue weighted by molar-refractivity contribution is 1.18. The molecule has 0 spiro atoms. The molecule has 0 radical (unpaired) electrons. The van der Waals surface area contributed by atoms with Gasteiger partial charge in [0.1, 0.15) is 0 Å². The molecule has 0 atom stereocenters. The van der Waals surface area contributed by atoms with E-state index in [0.717, 1.165) is 0 Å². The van der Waals surface area contributed by atoms with Crippen molar-refractivity contribution in [1.82, 2.24) is 4.57 Å². The van der Waals surface area contributed by atoms with Crippen molar-refractivity contribution in [3.05, 3.63) is 164 Å². The number of nitrogens with zero attached hydrogens (tertiary/aromatic N) is 1. The summed E-state index contributed by atoms with van der Waals surface area (Å²) < 4.78 is 2.47. The Morgan fingerprint density at radius 2 is 0.773 bits per heavy atom. The lowest BCUT2D eigenvalue weighted by atomic mass is 10.0. The molecule has 0 N–H and O–H groups in total. The van der Waals surface area contributed by atoms with Gasteiger partial charge in [-0.25, -0.2) is 0 Å². The Morgan fingerprint density at radius 3 is 1.30 bits per heavy atom. The molecule has 0 saturated heterocycles. The maximum Gasteiger partial charge on any atom is 0.0892 e. The summed E-state index contributed by atoms with van der Waals surface area (Å²) in [4.78, 5) is 0. The highest BCUT2D eigenvalue weighted by Gasteiger charge is 2.21. The van der Waals surface area contributed by atoms with E-state index in [1.54, 1.807) is 5.19 Å². The number of benzene rings is 7. The Balaban J connectivity index is 1.20. The average molecular weight is 576 g/mol. The molecular formula is C42H29NSi. The monoisotopic (exact) mass is 575 g/mol. The van der Waals surface area contributed by atoms with Gasteiger partial charge in [-0.1, -0.05) is 138 Å². The van der Waals surface area contributed by atoms with Crippen LogP contribution >= 0.6 is 0 Å². The summed E-state index contributed by atoms with van der Waals surface area (Å²) in [5.41, 5.74) is 14.1. The van der Waals surface area contributed by atoms with E-state index in [0.29, 0.717) is 0 Å². The first kappa shape index (κ1) is 25.1. The fraction of sp³-hybridized carbons (Fsp3) is 0. The van der Waals surface area contributed by atoms with Crippen molar-refractivity contribution in [1.29, 1.82) is 0 Å². The van der Waals surface area contributed by atoms with Gasteiger partial charge in [0.25, 0.3) is 0 Å². The summed E-state index contributed by atoms with van der Waals surface area (Å²) in [7, 11) is -0.595. The van der Waals surface area contributed by atoms with E-state index in [2.05, 4.69) is 168 Å². The summed E-state index contributed by atoms with van der Waals surface area (Å²) in [5.74, 6) is 0. The van der Waals surface area contributed by atoms with Crippen LogP contribution in [-0.4, -0.2) is 14.1 Å². The second-order valence-electron chi connectivity index (χ2n) is 11.8. The van der Waals surface area contributed by atoms with E-state index < -0.39 is 9.52 Å². The van der Waals surface area contributed by atoms with Crippen LogP contribution in [0.3, 0.4) is 0 Å². The zero-order chi connectivity index (χ0) is 29.0. The highest BCUT2D eigenvalue weighted by Crippen LogP contribution is 2.37. The van der Waals surface area contributed by atoms with Crippen molar-refractivity contribution in [3.63, 3.8) is 0 Å². The van der Waals surface area contributed by atoms with Gasteiger partial charge < -0.3 is 4.57 Å². The SMILES string of the molecule is c1ccc(-c2ccc3c(c2)[SiH2]c2cc(-n4c5ccc(-c6ccccc6)cc5c5cc(-c6ccccc6)ccc54)ccc2-3)cc1. The normalized spacial score (nSPS) is 12.5. The van der Waals surface area contributed by atoms with E-state index >= 15 is 0 Å². The quantitative estimate of drug-likeness (QED) is 0.185. The fourth-order valence-electron chi connectivity index (χ4n) is 7.07. The molecule has 9 rings (SSSR count). The molecule has 8 aromatic rings. The Hall–Kier alpha value is -5.44. The molecule has 0 fully saturated rings. The van der Waals surface area contributed by atoms with Gasteiger partial charge in [-0.05, 0) is 80.9 Å². The minimum Gasteiger partial charge on any atom is -0.309 e. The van der Waals surface area contributed by atoms with Gasteiger partial charge in [0.15, 0.2) is 0 Å². The zero-order valence-electron chi connectivity index (χ0n) is 24.2. The van der Waals surface area contributed by atoms with Gasteiger partial charge in [0.2, 0.25) is 0 Å². The molecule has 0 bridgehead atoms. The predicted octanol–water partition coefficient (Wildman–Crippen LogP) is 8.88. The topological polar surface area (TPSA) is 4.93 Å². The first-order valence-electron chi connectivity index (χ1n) is 15.3. The molecule has 206 valence electrons. The zero-order valence-corrected chi connectivity index (χ0v) is 25.7. The highest BCUT2D eigenvalue weighted by atomic mass is 28.2. The minimum absolute atomic E-state index is 0.595. The van der Waals surface area contributed by atoms with Crippen LogP contribution in [0.1, 0.15) is 0 Å². The van der Waals surface area contributed by atoms with Gasteiger partial charge in [-0.15, -0.1) is 0 Å². The first-order chi connectivity index (χ1) is 21.8. The van der Waals surface area contributed by atoms with Crippen LogP contribution in [0.15, 0.2) is 164 Å². The molecule has 2 heteroatoms. The average Bonchev–Trinajstić information content (AvgIpc) is 3.63. The van der Waals surface area contributed by atoms with Crippen molar-refractivity contribution >= 4 is 41.7 Å². The Kier molecular flexibility index (Phi) is 5.75.